The molecule has 1 fully saturated rings. The molecule has 1 aliphatic carbocycles. The van der Waals surface area contributed by atoms with E-state index < -0.39 is 28.0 Å². The molecule has 6 nitrogen and oxygen atoms in total. The van der Waals surface area contributed by atoms with Crippen LogP contribution in [0.2, 0.25) is 0 Å². The lowest BCUT2D eigenvalue weighted by Gasteiger charge is -2.11. The standard InChI is InChI=1S/C12H14FN3O3/c13-8-2-1-3-10(16(18)19)12(8)15-11(17)6-9(14)7-4-5-7/h1-3,7,9H,4-6,14H2,(H,15,17). The lowest BCUT2D eigenvalue weighted by molar-refractivity contribution is -0.384. The van der Waals surface area contributed by atoms with Crippen molar-refractivity contribution >= 4 is 17.3 Å². The predicted molar refractivity (Wildman–Crippen MR) is 67.0 cm³/mol. The molecule has 1 aromatic rings. The molecule has 0 bridgehead atoms. The van der Waals surface area contributed by atoms with Crippen molar-refractivity contribution in [3.05, 3.63) is 34.1 Å². The number of amides is 1. The van der Waals surface area contributed by atoms with Crippen LogP contribution in [-0.2, 0) is 4.79 Å². The Bertz CT molecular complexity index is 517. The van der Waals surface area contributed by atoms with Gasteiger partial charge in [0, 0.05) is 18.5 Å². The second kappa shape index (κ2) is 5.31. The summed E-state index contributed by atoms with van der Waals surface area (Å²) in [4.78, 5) is 21.7. The molecule has 19 heavy (non-hydrogen) atoms. The minimum atomic E-state index is -0.831. The molecule has 0 radical (unpaired) electrons. The van der Waals surface area contributed by atoms with Gasteiger partial charge < -0.3 is 11.1 Å². The smallest absolute Gasteiger partial charge is 0.295 e. The van der Waals surface area contributed by atoms with Gasteiger partial charge in [-0.3, -0.25) is 14.9 Å². The zero-order chi connectivity index (χ0) is 14.0. The minimum absolute atomic E-state index is 0.0379. The Morgan fingerprint density at radius 2 is 2.26 bits per heavy atom. The van der Waals surface area contributed by atoms with Gasteiger partial charge in [-0.1, -0.05) is 6.07 Å². The Labute approximate surface area is 108 Å². The number of benzene rings is 1. The minimum Gasteiger partial charge on any atom is -0.327 e. The molecule has 1 aromatic carbocycles. The number of anilines is 1. The van der Waals surface area contributed by atoms with Gasteiger partial charge in [0.25, 0.3) is 5.69 Å². The molecule has 3 N–H and O–H groups in total. The third-order valence-electron chi connectivity index (χ3n) is 3.10. The summed E-state index contributed by atoms with van der Waals surface area (Å²) in [7, 11) is 0. The number of nitrogens with one attached hydrogen (secondary N) is 1. The summed E-state index contributed by atoms with van der Waals surface area (Å²) in [5.41, 5.74) is 4.91. The highest BCUT2D eigenvalue weighted by Gasteiger charge is 2.30. The van der Waals surface area contributed by atoms with Crippen LogP contribution in [0.1, 0.15) is 19.3 Å². The first-order chi connectivity index (χ1) is 8.99. The molecule has 1 atom stereocenters. The number of para-hydroxylation sites is 1. The van der Waals surface area contributed by atoms with Crippen molar-refractivity contribution in [3.63, 3.8) is 0 Å². The Kier molecular flexibility index (Phi) is 3.75. The van der Waals surface area contributed by atoms with E-state index in [1.54, 1.807) is 0 Å². The molecule has 1 unspecified atom stereocenters. The van der Waals surface area contributed by atoms with Crippen LogP contribution in [-0.4, -0.2) is 16.9 Å². The van der Waals surface area contributed by atoms with Gasteiger partial charge in [0.2, 0.25) is 5.91 Å². The molecule has 0 spiro atoms. The van der Waals surface area contributed by atoms with Crippen molar-refractivity contribution in [2.24, 2.45) is 11.7 Å². The van der Waals surface area contributed by atoms with E-state index in [1.165, 1.54) is 6.07 Å². The third-order valence-corrected chi connectivity index (χ3v) is 3.10. The van der Waals surface area contributed by atoms with Gasteiger partial charge in [0.1, 0.15) is 0 Å². The first kappa shape index (κ1) is 13.4. The molecular weight excluding hydrogens is 253 g/mol. The van der Waals surface area contributed by atoms with Gasteiger partial charge in [0.05, 0.1) is 4.92 Å². The Morgan fingerprint density at radius 3 is 2.84 bits per heavy atom. The van der Waals surface area contributed by atoms with E-state index in [4.69, 9.17) is 5.73 Å². The number of nitro groups is 1. The molecule has 0 saturated heterocycles. The molecular formula is C12H14FN3O3. The Hall–Kier alpha value is -2.02. The van der Waals surface area contributed by atoms with E-state index in [1.807, 2.05) is 0 Å². The zero-order valence-corrected chi connectivity index (χ0v) is 10.1. The number of hydrogen-bond donors (Lipinski definition) is 2. The molecule has 1 amide bonds. The summed E-state index contributed by atoms with van der Waals surface area (Å²) in [5, 5.41) is 13.0. The number of nitro benzene ring substituents is 1. The van der Waals surface area contributed by atoms with Crippen LogP contribution in [0.25, 0.3) is 0 Å². The van der Waals surface area contributed by atoms with E-state index in [0.29, 0.717) is 5.92 Å². The van der Waals surface area contributed by atoms with E-state index in [9.17, 15) is 19.3 Å². The van der Waals surface area contributed by atoms with E-state index >= 15 is 0 Å². The van der Waals surface area contributed by atoms with Gasteiger partial charge in [-0.05, 0) is 24.8 Å². The molecule has 0 heterocycles. The van der Waals surface area contributed by atoms with Crippen LogP contribution in [0.15, 0.2) is 18.2 Å². The SMILES string of the molecule is NC(CC(=O)Nc1c(F)cccc1[N+](=O)[O-])C1CC1. The van der Waals surface area contributed by atoms with Crippen molar-refractivity contribution in [3.8, 4) is 0 Å². The first-order valence-electron chi connectivity index (χ1n) is 5.97. The fourth-order valence-electron chi connectivity index (χ4n) is 1.88. The van der Waals surface area contributed by atoms with Crippen LogP contribution in [0, 0.1) is 21.8 Å². The van der Waals surface area contributed by atoms with Crippen molar-refractivity contribution < 1.29 is 14.1 Å². The summed E-state index contributed by atoms with van der Waals surface area (Å²) < 4.78 is 13.5. The number of rotatable bonds is 5. The van der Waals surface area contributed by atoms with Crippen LogP contribution < -0.4 is 11.1 Å². The monoisotopic (exact) mass is 267 g/mol. The maximum Gasteiger partial charge on any atom is 0.295 e. The highest BCUT2D eigenvalue weighted by atomic mass is 19.1. The van der Waals surface area contributed by atoms with Crippen molar-refractivity contribution in [2.45, 2.75) is 25.3 Å². The highest BCUT2D eigenvalue weighted by Crippen LogP contribution is 2.33. The topological polar surface area (TPSA) is 98.3 Å². The molecule has 7 heteroatoms. The fourth-order valence-corrected chi connectivity index (χ4v) is 1.88. The average Bonchev–Trinajstić information content (AvgIpc) is 3.15. The summed E-state index contributed by atoms with van der Waals surface area (Å²) >= 11 is 0. The number of hydrogen-bond acceptors (Lipinski definition) is 4. The lowest BCUT2D eigenvalue weighted by atomic mass is 10.1. The second-order valence-electron chi connectivity index (χ2n) is 4.64. The molecule has 2 rings (SSSR count). The molecule has 1 aliphatic rings. The van der Waals surface area contributed by atoms with Crippen LogP contribution in [0.5, 0.6) is 0 Å². The van der Waals surface area contributed by atoms with Gasteiger partial charge >= 0.3 is 0 Å². The van der Waals surface area contributed by atoms with E-state index in [0.717, 1.165) is 25.0 Å². The summed E-state index contributed by atoms with van der Waals surface area (Å²) in [6.07, 6.45) is 2.03. The maximum absolute atomic E-state index is 13.5. The molecule has 102 valence electrons. The number of carbonyl (C=O) groups excluding carboxylic acids is 1. The van der Waals surface area contributed by atoms with Crippen LogP contribution in [0.3, 0.4) is 0 Å². The van der Waals surface area contributed by atoms with Crippen LogP contribution in [0.4, 0.5) is 15.8 Å². The number of halogens is 1. The van der Waals surface area contributed by atoms with Gasteiger partial charge in [0.15, 0.2) is 11.5 Å². The molecule has 1 saturated carbocycles. The zero-order valence-electron chi connectivity index (χ0n) is 10.1. The van der Waals surface area contributed by atoms with Crippen LogP contribution >= 0.6 is 0 Å². The summed E-state index contributed by atoms with van der Waals surface area (Å²) in [6, 6.07) is 3.15. The average molecular weight is 267 g/mol. The quantitative estimate of drug-likeness (QED) is 0.627. The molecule has 0 aliphatic heterocycles. The van der Waals surface area contributed by atoms with Gasteiger partial charge in [-0.15, -0.1) is 0 Å². The summed E-state index contributed by atoms with van der Waals surface area (Å²) in [5.74, 6) is -1.00. The second-order valence-corrected chi connectivity index (χ2v) is 4.64. The van der Waals surface area contributed by atoms with E-state index in [-0.39, 0.29) is 12.5 Å². The normalized spacial score (nSPS) is 15.9. The molecule has 0 aromatic heterocycles. The van der Waals surface area contributed by atoms with Gasteiger partial charge in [-0.25, -0.2) is 4.39 Å². The highest BCUT2D eigenvalue weighted by molar-refractivity contribution is 5.93. The Balaban J connectivity index is 2.09. The Morgan fingerprint density at radius 1 is 1.58 bits per heavy atom. The number of carbonyl (C=O) groups is 1. The lowest BCUT2D eigenvalue weighted by Crippen LogP contribution is -2.29. The van der Waals surface area contributed by atoms with E-state index in [2.05, 4.69) is 5.32 Å². The first-order valence-corrected chi connectivity index (χ1v) is 5.97. The van der Waals surface area contributed by atoms with Crippen molar-refractivity contribution in [1.29, 1.82) is 0 Å². The number of nitrogens with two attached hydrogens (primary N) is 1. The van der Waals surface area contributed by atoms with Gasteiger partial charge in [-0.2, -0.15) is 0 Å². The summed E-state index contributed by atoms with van der Waals surface area (Å²) in [6.45, 7) is 0. The predicted octanol–water partition coefficient (Wildman–Crippen LogP) is 1.80. The maximum atomic E-state index is 13.5. The van der Waals surface area contributed by atoms with Crippen molar-refractivity contribution in [2.75, 3.05) is 5.32 Å². The fraction of sp³-hybridized carbons (Fsp3) is 0.417. The third kappa shape index (κ3) is 3.25. The number of nitrogens with zero attached hydrogens (tertiary/aromatic N) is 1. The largest absolute Gasteiger partial charge is 0.327 e. The van der Waals surface area contributed by atoms with Crippen molar-refractivity contribution in [1.82, 2.24) is 0 Å².